The quantitative estimate of drug-likeness (QED) is 0.0675. The third kappa shape index (κ3) is 20.6. The summed E-state index contributed by atoms with van der Waals surface area (Å²) < 4.78 is 58.0. The number of halogens is 2. The van der Waals surface area contributed by atoms with Crippen LogP contribution in [0.5, 0.6) is 23.0 Å². The first-order chi connectivity index (χ1) is 65.0. The van der Waals surface area contributed by atoms with Crippen LogP contribution in [-0.2, 0) is 0 Å². The van der Waals surface area contributed by atoms with Crippen molar-refractivity contribution < 1.29 is 27.7 Å². The number of ether oxygens (including phenoxy) is 4. The van der Waals surface area contributed by atoms with Crippen molar-refractivity contribution in [1.82, 2.24) is 73.2 Å². The highest BCUT2D eigenvalue weighted by Crippen LogP contribution is 2.36. The molecule has 6 N–H and O–H groups in total. The normalized spacial score (nSPS) is 15.7. The average molecular weight is 1830 g/mol. The highest BCUT2D eigenvalue weighted by atomic mass is 32.1. The van der Waals surface area contributed by atoms with Gasteiger partial charge in [0.15, 0.2) is 23.0 Å². The highest BCUT2D eigenvalue weighted by Gasteiger charge is 2.24. The van der Waals surface area contributed by atoms with E-state index in [2.05, 4.69) is 90.8 Å². The average Bonchev–Trinajstić information content (AvgIpc) is 1.18. The monoisotopic (exact) mass is 1830 g/mol. The lowest BCUT2D eigenvalue weighted by atomic mass is 10.1. The number of methoxy groups -OCH3 is 4. The van der Waals surface area contributed by atoms with E-state index in [0.29, 0.717) is 108 Å². The molecule has 5 fully saturated rings. The summed E-state index contributed by atoms with van der Waals surface area (Å²) in [5, 5.41) is 14.5. The molecule has 2 atom stereocenters. The predicted octanol–water partition coefficient (Wildman–Crippen LogP) is 11.9. The molecule has 0 bridgehead atoms. The van der Waals surface area contributed by atoms with Gasteiger partial charge in [0.2, 0.25) is 0 Å². The Hall–Kier alpha value is -14.4. The molecule has 21 rings (SSSR count). The summed E-state index contributed by atoms with van der Waals surface area (Å²) >= 11 is 1.67. The van der Waals surface area contributed by atoms with Gasteiger partial charge in [-0.15, -0.1) is 11.3 Å². The molecule has 0 aliphatic carbocycles. The number of anilines is 5. The molecule has 16 aromatic rings. The van der Waals surface area contributed by atoms with Crippen LogP contribution in [-0.4, -0.2) is 204 Å². The fourth-order valence-corrected chi connectivity index (χ4v) is 18.0. The second kappa shape index (κ2) is 40.8. The molecule has 5 aliphatic heterocycles. The van der Waals surface area contributed by atoms with Crippen LogP contribution in [0.2, 0.25) is 0 Å². The van der Waals surface area contributed by atoms with E-state index >= 15 is 0 Å². The third-order valence-electron chi connectivity index (χ3n) is 24.6. The van der Waals surface area contributed by atoms with Crippen molar-refractivity contribution in [2.75, 3.05) is 164 Å². The molecular weight excluding hydrogens is 1720 g/mol. The van der Waals surface area contributed by atoms with Crippen molar-refractivity contribution in [2.24, 2.45) is 5.73 Å². The molecule has 33 heteroatoms. The van der Waals surface area contributed by atoms with Gasteiger partial charge < -0.3 is 70.4 Å². The number of piperazine rings is 3. The Morgan fingerprint density at radius 1 is 0.358 bits per heavy atom. The van der Waals surface area contributed by atoms with Gasteiger partial charge in [0.1, 0.15) is 39.9 Å². The second-order valence-electron chi connectivity index (χ2n) is 33.8. The molecule has 0 saturated carbocycles. The molecule has 5 saturated heterocycles. The van der Waals surface area contributed by atoms with Crippen molar-refractivity contribution in [2.45, 2.75) is 59.5 Å². The number of thiazole rings is 1. The van der Waals surface area contributed by atoms with E-state index < -0.39 is 0 Å². The van der Waals surface area contributed by atoms with Crippen LogP contribution in [0, 0.1) is 39.3 Å². The molecule has 5 aromatic carbocycles. The smallest absolute Gasteiger partial charge is 0.258 e. The van der Waals surface area contributed by atoms with Gasteiger partial charge in [-0.1, -0.05) is 30.3 Å². The zero-order valence-electron chi connectivity index (χ0n) is 76.3. The minimum Gasteiger partial charge on any atom is -0.493 e. The van der Waals surface area contributed by atoms with Gasteiger partial charge in [-0.05, 0) is 186 Å². The molecule has 134 heavy (non-hydrogen) atoms. The summed E-state index contributed by atoms with van der Waals surface area (Å²) in [6.45, 7) is 25.4. The topological polar surface area (TPSA) is 312 Å². The maximum absolute atomic E-state index is 13.8. The summed E-state index contributed by atoms with van der Waals surface area (Å²) in [4.78, 5) is 103. The van der Waals surface area contributed by atoms with Gasteiger partial charge in [-0.2, -0.15) is 0 Å². The summed E-state index contributed by atoms with van der Waals surface area (Å²) in [6.07, 6.45) is 11.4. The fourth-order valence-electron chi connectivity index (χ4n) is 17.2. The largest absolute Gasteiger partial charge is 0.493 e. The number of rotatable bonds is 14. The van der Waals surface area contributed by atoms with Gasteiger partial charge >= 0.3 is 0 Å². The van der Waals surface area contributed by atoms with Gasteiger partial charge in [0, 0.05) is 206 Å². The summed E-state index contributed by atoms with van der Waals surface area (Å²) in [5.41, 5.74) is 23.1. The van der Waals surface area contributed by atoms with E-state index in [0.717, 1.165) is 190 Å². The van der Waals surface area contributed by atoms with Crippen molar-refractivity contribution in [3.8, 4) is 79.3 Å². The molecule has 16 heterocycles. The van der Waals surface area contributed by atoms with E-state index in [4.69, 9.17) is 34.6 Å². The van der Waals surface area contributed by atoms with E-state index in [1.54, 1.807) is 118 Å². The van der Waals surface area contributed by atoms with Crippen LogP contribution in [0.1, 0.15) is 41.5 Å². The maximum Gasteiger partial charge on any atom is 0.258 e. The number of pyridine rings is 5. The number of benzene rings is 5. The Labute approximate surface area is 775 Å². The second-order valence-corrected chi connectivity index (χ2v) is 35.0. The van der Waals surface area contributed by atoms with Crippen LogP contribution >= 0.6 is 11.3 Å². The number of nitrogens with two attached hydrogens (primary N) is 1. The lowest BCUT2D eigenvalue weighted by Gasteiger charge is -2.33. The Morgan fingerprint density at radius 2 is 0.731 bits per heavy atom. The van der Waals surface area contributed by atoms with Gasteiger partial charge in [0.25, 0.3) is 27.8 Å². The molecule has 11 aromatic heterocycles. The van der Waals surface area contributed by atoms with Crippen molar-refractivity contribution in [3.63, 3.8) is 0 Å². The van der Waals surface area contributed by atoms with Gasteiger partial charge in [0.05, 0.1) is 101 Å². The summed E-state index contributed by atoms with van der Waals surface area (Å²) in [6, 6.07) is 52.7. The number of hydrogen-bond acceptors (Lipinski definition) is 26. The van der Waals surface area contributed by atoms with Gasteiger partial charge in [-0.3, -0.25) is 46.0 Å². The Bertz CT molecular complexity index is 7370. The molecule has 0 amide bonds. The summed E-state index contributed by atoms with van der Waals surface area (Å²) in [7, 11) is 6.35. The third-order valence-corrected chi connectivity index (χ3v) is 25.5. The molecular formula is C101H107F2N21O9S. The highest BCUT2D eigenvalue weighted by molar-refractivity contribution is 7.18. The SMILES string of the molecule is COc1ccc(-c2cc(=O)n3cc(N4CCNCC4)cc(C)c3n2)cc1OC.COc1ccc(-c2cc(=O)n3cc(N4CC[C@H](N)C4)ccc3n2)cc1OC.Cc1ccc(-c2cc(=O)n3cc(N4CCNCC4)ccc3n2)cc1F.Cc1ccc(-c2cc(=O)n3cc(N4CCN[C@@H](C)C4)ccc3n2)cc1F.Cc1nc2cc(-c3cc(=O)n4cc(N5CCCNCC5)ccc4n3)ccc2s1. The zero-order chi connectivity index (χ0) is 93.4. The number of aryl methyl sites for hydroxylation is 4. The summed E-state index contributed by atoms with van der Waals surface area (Å²) in [5.74, 6) is 1.87. The lowest BCUT2D eigenvalue weighted by molar-refractivity contribution is 0.355. The van der Waals surface area contributed by atoms with E-state index in [9.17, 15) is 32.8 Å². The molecule has 690 valence electrons. The van der Waals surface area contributed by atoms with Gasteiger partial charge in [-0.25, -0.2) is 38.7 Å². The molecule has 30 nitrogen and oxygen atoms in total. The minimum atomic E-state index is -0.298. The number of fused-ring (bicyclic) bond motifs is 6. The number of nitrogens with zero attached hydrogens (tertiary/aromatic N) is 16. The molecule has 0 spiro atoms. The van der Waals surface area contributed by atoms with Crippen LogP contribution in [0.25, 0.3) is 94.7 Å². The maximum atomic E-state index is 13.8. The van der Waals surface area contributed by atoms with Crippen molar-refractivity contribution >= 4 is 78.2 Å². The van der Waals surface area contributed by atoms with E-state index in [-0.39, 0.29) is 45.5 Å². The first kappa shape index (κ1) is 91.5. The number of nitrogens with one attached hydrogen (secondary N) is 4. The van der Waals surface area contributed by atoms with Crippen LogP contribution in [0.4, 0.5) is 37.2 Å². The molecule has 0 unspecified atom stereocenters. The Kier molecular flexibility index (Phi) is 27.9. The molecule has 0 radical (unpaired) electrons. The number of aromatic nitrogens is 11. The van der Waals surface area contributed by atoms with Crippen LogP contribution in [0.15, 0.2) is 231 Å². The van der Waals surface area contributed by atoms with Crippen LogP contribution in [0.3, 0.4) is 0 Å². The lowest BCUT2D eigenvalue weighted by Crippen LogP contribution is -2.49. The first-order valence-electron chi connectivity index (χ1n) is 44.9. The molecule has 5 aliphatic rings. The van der Waals surface area contributed by atoms with Crippen molar-refractivity contribution in [3.05, 3.63) is 292 Å². The minimum absolute atomic E-state index is 0.0654. The zero-order valence-corrected chi connectivity index (χ0v) is 77.1. The Morgan fingerprint density at radius 3 is 1.16 bits per heavy atom. The van der Waals surface area contributed by atoms with E-state index in [1.165, 1.54) is 30.3 Å². The predicted molar refractivity (Wildman–Crippen MR) is 527 cm³/mol. The van der Waals surface area contributed by atoms with Crippen molar-refractivity contribution in [1.29, 1.82) is 0 Å². The Balaban J connectivity index is 0.000000117. The standard InChI is InChI=1S/C21H21N5OS.C21H24N4O3.C20H21FN4O.C20H22N4O3.C19H19FN4O/c1-14-23-18-11-15(3-5-19(18)28-14)17-12-21(27)26-13-16(4-6-20(26)24-17)25-9-2-7-22-8-10-25;1-14-10-16(24-8-6-22-7-9-24)13-25-20(26)12-17(23-21(14)25)15-4-5-18(27-2)19(11-15)28-3;1-13-3-4-15(9-17(13)21)18-10-20(26)25-12-16(5-6-19(25)23-18)24-8-7-22-14(2)11-24;1-26-17-5-3-13(9-18(17)27-2)16-10-20(25)24-12-15(4-6-19(24)22-16)23-8-7-14(21)11-23;1-13-2-3-14(10-16(13)20)17-11-19(25)24-12-15(4-5-18(24)22-17)23-8-6-21-7-9-23/h3-6,11-13,22H,2,7-10H2,1H3;4-5,10-13,22H,6-9H2,1-3H3;3-6,9-10,12,14,22H,7-8,11H2,1-2H3;3-6,9-10,12,14H,7-8,11,21H2,1-2H3;2-5,10-12,21H,6-9H2,1H3/t;;2*14-;/m..00./s1. The fraction of sp³-hybridized carbons (Fsp3) is 0.297. The first-order valence-corrected chi connectivity index (χ1v) is 45.7. The number of hydrogen-bond donors (Lipinski definition) is 5. The van der Waals surface area contributed by atoms with Crippen LogP contribution < -0.4 is 98.2 Å². The van der Waals surface area contributed by atoms with E-state index in [1.807, 2.05) is 130 Å².